The summed E-state index contributed by atoms with van der Waals surface area (Å²) in [6.07, 6.45) is 3.70. The summed E-state index contributed by atoms with van der Waals surface area (Å²) in [5.41, 5.74) is 1.64. The zero-order chi connectivity index (χ0) is 13.2. The van der Waals surface area contributed by atoms with E-state index in [9.17, 15) is 4.79 Å². The fourth-order valence-corrected chi connectivity index (χ4v) is 2.40. The van der Waals surface area contributed by atoms with Gasteiger partial charge in [-0.15, -0.1) is 0 Å². The van der Waals surface area contributed by atoms with Crippen molar-refractivity contribution in [1.82, 2.24) is 4.98 Å². The van der Waals surface area contributed by atoms with Gasteiger partial charge in [0.15, 0.2) is 5.78 Å². The van der Waals surface area contributed by atoms with Crippen molar-refractivity contribution in [3.05, 3.63) is 42.1 Å². The summed E-state index contributed by atoms with van der Waals surface area (Å²) in [5.74, 6) is 0.521. The predicted octanol–water partition coefficient (Wildman–Crippen LogP) is 3.23. The number of ether oxygens (including phenoxy) is 1. The van der Waals surface area contributed by atoms with Crippen LogP contribution in [0.25, 0.3) is 10.9 Å². The van der Waals surface area contributed by atoms with E-state index < -0.39 is 0 Å². The van der Waals surface area contributed by atoms with Crippen LogP contribution >= 0.6 is 0 Å². The van der Waals surface area contributed by atoms with E-state index in [0.717, 1.165) is 29.3 Å². The molecule has 1 aromatic carbocycles. The molecule has 0 aliphatic heterocycles. The van der Waals surface area contributed by atoms with E-state index >= 15 is 0 Å². The molecule has 1 aliphatic carbocycles. The van der Waals surface area contributed by atoms with Gasteiger partial charge in [0.25, 0.3) is 0 Å². The van der Waals surface area contributed by atoms with E-state index in [-0.39, 0.29) is 11.9 Å². The minimum atomic E-state index is -0.265. The number of carbonyl (C=O) groups is 1. The van der Waals surface area contributed by atoms with E-state index in [4.69, 9.17) is 4.74 Å². The number of hydrogen-bond acceptors (Lipinski definition) is 3. The number of carbonyl (C=O) groups excluding carboxylic acids is 1. The van der Waals surface area contributed by atoms with Crippen LogP contribution in [0.4, 0.5) is 0 Å². The fourth-order valence-electron chi connectivity index (χ4n) is 2.40. The summed E-state index contributed by atoms with van der Waals surface area (Å²) in [7, 11) is 0. The predicted molar refractivity (Wildman–Crippen MR) is 74.2 cm³/mol. The highest BCUT2D eigenvalue weighted by Gasteiger charge is 2.37. The van der Waals surface area contributed by atoms with E-state index in [1.165, 1.54) is 0 Å². The topological polar surface area (TPSA) is 39.2 Å². The van der Waals surface area contributed by atoms with Crippen molar-refractivity contribution < 1.29 is 9.53 Å². The SMILES string of the molecule is CCOC(C(=O)c1ccc2ncccc2c1)C1CC1. The van der Waals surface area contributed by atoms with Gasteiger partial charge in [-0.2, -0.15) is 0 Å². The Morgan fingerprint density at radius 2 is 2.26 bits per heavy atom. The first-order valence-corrected chi connectivity index (χ1v) is 6.80. The van der Waals surface area contributed by atoms with Gasteiger partial charge in [-0.3, -0.25) is 9.78 Å². The van der Waals surface area contributed by atoms with Crippen molar-refractivity contribution in [3.8, 4) is 0 Å². The molecule has 1 aliphatic rings. The van der Waals surface area contributed by atoms with Gasteiger partial charge in [0.2, 0.25) is 0 Å². The number of hydrogen-bond donors (Lipinski definition) is 0. The lowest BCUT2D eigenvalue weighted by Crippen LogP contribution is -2.26. The summed E-state index contributed by atoms with van der Waals surface area (Å²) in [5, 5.41) is 0.999. The third-order valence-electron chi connectivity index (χ3n) is 3.54. The number of pyridine rings is 1. The molecule has 1 heterocycles. The van der Waals surface area contributed by atoms with Crippen LogP contribution in [0.1, 0.15) is 30.1 Å². The maximum Gasteiger partial charge on any atom is 0.191 e. The van der Waals surface area contributed by atoms with Gasteiger partial charge >= 0.3 is 0 Å². The second-order valence-corrected chi connectivity index (χ2v) is 4.99. The minimum absolute atomic E-state index is 0.107. The van der Waals surface area contributed by atoms with Crippen LogP contribution in [0.2, 0.25) is 0 Å². The third kappa shape index (κ3) is 2.51. The molecule has 3 heteroatoms. The zero-order valence-corrected chi connectivity index (χ0v) is 11.0. The summed E-state index contributed by atoms with van der Waals surface area (Å²) in [4.78, 5) is 16.8. The molecule has 0 radical (unpaired) electrons. The molecule has 1 unspecified atom stereocenters. The largest absolute Gasteiger partial charge is 0.370 e. The molecule has 1 atom stereocenters. The maximum absolute atomic E-state index is 12.5. The Hall–Kier alpha value is -1.74. The summed E-state index contributed by atoms with van der Waals surface area (Å²) in [6, 6.07) is 9.53. The van der Waals surface area contributed by atoms with Crippen LogP contribution in [-0.2, 0) is 4.74 Å². The molecule has 3 nitrogen and oxygen atoms in total. The Morgan fingerprint density at radius 3 is 3.00 bits per heavy atom. The number of nitrogens with zero attached hydrogens (tertiary/aromatic N) is 1. The normalized spacial score (nSPS) is 16.5. The first-order valence-electron chi connectivity index (χ1n) is 6.80. The average Bonchev–Trinajstić information content (AvgIpc) is 3.28. The number of benzene rings is 1. The van der Waals surface area contributed by atoms with Crippen molar-refractivity contribution in [1.29, 1.82) is 0 Å². The highest BCUT2D eigenvalue weighted by molar-refractivity contribution is 6.02. The van der Waals surface area contributed by atoms with Crippen LogP contribution < -0.4 is 0 Å². The number of fused-ring (bicyclic) bond motifs is 1. The van der Waals surface area contributed by atoms with Gasteiger partial charge in [0.1, 0.15) is 6.10 Å². The zero-order valence-electron chi connectivity index (χ0n) is 11.0. The molecule has 1 aromatic heterocycles. The van der Waals surface area contributed by atoms with Crippen LogP contribution in [0.15, 0.2) is 36.5 Å². The molecule has 0 N–H and O–H groups in total. The average molecular weight is 255 g/mol. The Morgan fingerprint density at radius 1 is 1.42 bits per heavy atom. The molecule has 0 amide bonds. The van der Waals surface area contributed by atoms with Gasteiger partial charge in [-0.25, -0.2) is 0 Å². The summed E-state index contributed by atoms with van der Waals surface area (Å²) < 4.78 is 5.63. The number of rotatable bonds is 5. The molecule has 2 aromatic rings. The Labute approximate surface area is 112 Å². The Bertz CT molecular complexity index is 604. The van der Waals surface area contributed by atoms with Gasteiger partial charge < -0.3 is 4.74 Å². The molecule has 1 fully saturated rings. The molecule has 0 spiro atoms. The number of aromatic nitrogens is 1. The molecule has 3 rings (SSSR count). The lowest BCUT2D eigenvalue weighted by Gasteiger charge is -2.15. The molecule has 0 saturated heterocycles. The second-order valence-electron chi connectivity index (χ2n) is 4.99. The van der Waals surface area contributed by atoms with Crippen molar-refractivity contribution in [2.24, 2.45) is 5.92 Å². The first kappa shape index (κ1) is 12.3. The van der Waals surface area contributed by atoms with Crippen molar-refractivity contribution in [2.45, 2.75) is 25.9 Å². The first-order chi connectivity index (χ1) is 9.29. The summed E-state index contributed by atoms with van der Waals surface area (Å²) in [6.45, 7) is 2.52. The Balaban J connectivity index is 1.91. The highest BCUT2D eigenvalue weighted by atomic mass is 16.5. The second kappa shape index (κ2) is 5.10. The minimum Gasteiger partial charge on any atom is -0.370 e. The van der Waals surface area contributed by atoms with Crippen LogP contribution in [-0.4, -0.2) is 23.5 Å². The maximum atomic E-state index is 12.5. The lowest BCUT2D eigenvalue weighted by atomic mass is 10.0. The molecule has 1 saturated carbocycles. The third-order valence-corrected chi connectivity index (χ3v) is 3.54. The lowest BCUT2D eigenvalue weighted by molar-refractivity contribution is 0.0375. The summed E-state index contributed by atoms with van der Waals surface area (Å²) >= 11 is 0. The van der Waals surface area contributed by atoms with Gasteiger partial charge in [-0.05, 0) is 49.9 Å². The van der Waals surface area contributed by atoms with Gasteiger partial charge in [-0.1, -0.05) is 6.07 Å². The molecule has 0 bridgehead atoms. The van der Waals surface area contributed by atoms with Crippen molar-refractivity contribution in [2.75, 3.05) is 6.61 Å². The van der Waals surface area contributed by atoms with Crippen LogP contribution in [0.5, 0.6) is 0 Å². The van der Waals surface area contributed by atoms with Crippen LogP contribution in [0, 0.1) is 5.92 Å². The van der Waals surface area contributed by atoms with Gasteiger partial charge in [0.05, 0.1) is 5.52 Å². The smallest absolute Gasteiger partial charge is 0.191 e. The molecule has 98 valence electrons. The highest BCUT2D eigenvalue weighted by Crippen LogP contribution is 2.36. The van der Waals surface area contributed by atoms with E-state index in [1.807, 2.05) is 37.3 Å². The van der Waals surface area contributed by atoms with Crippen LogP contribution in [0.3, 0.4) is 0 Å². The monoisotopic (exact) mass is 255 g/mol. The van der Waals surface area contributed by atoms with E-state index in [2.05, 4.69) is 4.98 Å². The van der Waals surface area contributed by atoms with Crippen molar-refractivity contribution >= 4 is 16.7 Å². The Kier molecular flexibility index (Phi) is 3.30. The molecule has 19 heavy (non-hydrogen) atoms. The number of Topliss-reactive ketones (excluding diaryl/α,β-unsaturated/α-hetero) is 1. The fraction of sp³-hybridized carbons (Fsp3) is 0.375. The van der Waals surface area contributed by atoms with Gasteiger partial charge in [0, 0.05) is 23.8 Å². The van der Waals surface area contributed by atoms with E-state index in [0.29, 0.717) is 12.5 Å². The van der Waals surface area contributed by atoms with E-state index in [1.54, 1.807) is 6.20 Å². The standard InChI is InChI=1S/C16H17NO2/c1-2-19-16(11-5-6-11)15(18)13-7-8-14-12(10-13)4-3-9-17-14/h3-4,7-11,16H,2,5-6H2,1H3. The number of ketones is 1. The quantitative estimate of drug-likeness (QED) is 0.770. The molecular weight excluding hydrogens is 238 g/mol. The molecular formula is C16H17NO2. The van der Waals surface area contributed by atoms with Crippen molar-refractivity contribution in [3.63, 3.8) is 0 Å².